The molecule has 0 aliphatic carbocycles. The van der Waals surface area contributed by atoms with E-state index in [0.717, 1.165) is 0 Å². The smallest absolute Gasteiger partial charge is 0.342 e. The van der Waals surface area contributed by atoms with Crippen LogP contribution in [0.15, 0.2) is 6.08 Å². The van der Waals surface area contributed by atoms with Gasteiger partial charge in [-0.15, -0.1) is 0 Å². The summed E-state index contributed by atoms with van der Waals surface area (Å²) in [6, 6.07) is 0. The second-order valence-electron chi connectivity index (χ2n) is 5.72. The maximum Gasteiger partial charge on any atom is 0.342 e. The molecular formula is C16H21O7P. The number of hydrogen-bond donors (Lipinski definition) is 3. The minimum absolute atomic E-state index is 0.0870. The predicted octanol–water partition coefficient (Wildman–Crippen LogP) is 2.60. The number of allylic oxidation sites excluding steroid dienone is 1. The van der Waals surface area contributed by atoms with Crippen LogP contribution in [-0.2, 0) is 15.9 Å². The number of fused-ring (bicyclic) bond motifs is 1. The van der Waals surface area contributed by atoms with E-state index in [4.69, 9.17) is 19.3 Å². The molecular weight excluding hydrogens is 335 g/mol. The van der Waals surface area contributed by atoms with Crippen LogP contribution >= 0.6 is 7.60 Å². The molecule has 7 nitrogen and oxygen atoms in total. The minimum Gasteiger partial charge on any atom is -0.506 e. The van der Waals surface area contributed by atoms with Crippen molar-refractivity contribution in [2.75, 3.05) is 13.3 Å². The summed E-state index contributed by atoms with van der Waals surface area (Å²) in [7, 11) is -2.69. The molecule has 3 N–H and O–H groups in total. The van der Waals surface area contributed by atoms with Crippen LogP contribution in [-0.4, -0.2) is 34.1 Å². The maximum absolute atomic E-state index is 11.8. The van der Waals surface area contributed by atoms with E-state index in [1.165, 1.54) is 13.2 Å². The lowest BCUT2D eigenvalue weighted by Crippen LogP contribution is -2.03. The first kappa shape index (κ1) is 18.5. The number of rotatable bonds is 6. The number of cyclic esters (lactones) is 1. The molecule has 1 aromatic carbocycles. The number of carbonyl (C=O) groups is 1. The summed E-state index contributed by atoms with van der Waals surface area (Å²) in [5.41, 5.74) is 1.71. The lowest BCUT2D eigenvalue weighted by molar-refractivity contribution is 0.0533. The van der Waals surface area contributed by atoms with Crippen LogP contribution in [0, 0.1) is 12.8 Å². The number of carbonyl (C=O) groups excluding carboxylic acids is 1. The van der Waals surface area contributed by atoms with Crippen molar-refractivity contribution in [2.45, 2.75) is 26.9 Å². The molecule has 0 bridgehead atoms. The summed E-state index contributed by atoms with van der Waals surface area (Å²) in [5.74, 6) is -0.787. The molecule has 8 heteroatoms. The number of phenols is 1. The number of aromatic hydroxyl groups is 1. The van der Waals surface area contributed by atoms with Gasteiger partial charge in [0.25, 0.3) is 0 Å². The zero-order valence-corrected chi connectivity index (χ0v) is 14.7. The number of esters is 1. The average Bonchev–Trinajstić information content (AvgIpc) is 2.89. The second kappa shape index (κ2) is 6.97. The summed E-state index contributed by atoms with van der Waals surface area (Å²) in [6.45, 7) is 3.67. The number of hydrogen-bond acceptors (Lipinski definition) is 5. The molecule has 1 heterocycles. The van der Waals surface area contributed by atoms with Gasteiger partial charge in [0.05, 0.1) is 18.8 Å². The van der Waals surface area contributed by atoms with Gasteiger partial charge < -0.3 is 24.4 Å². The highest BCUT2D eigenvalue weighted by Crippen LogP contribution is 2.43. The van der Waals surface area contributed by atoms with Crippen LogP contribution in [0.3, 0.4) is 0 Å². The SMILES string of the molecule is CCC(/C=C/c1c(O)c2c(c(C)c1OC)COC2=O)CP(=O)(O)O. The first-order valence-electron chi connectivity index (χ1n) is 7.51. The first-order chi connectivity index (χ1) is 11.2. The highest BCUT2D eigenvalue weighted by Gasteiger charge is 2.31. The third-order valence-corrected chi connectivity index (χ3v) is 5.06. The average molecular weight is 356 g/mol. The van der Waals surface area contributed by atoms with E-state index in [0.29, 0.717) is 28.9 Å². The summed E-state index contributed by atoms with van der Waals surface area (Å²) in [5, 5.41) is 10.4. The van der Waals surface area contributed by atoms with Gasteiger partial charge in [-0.25, -0.2) is 4.79 Å². The molecule has 1 aliphatic heterocycles. The van der Waals surface area contributed by atoms with Gasteiger partial charge in [-0.3, -0.25) is 4.57 Å². The van der Waals surface area contributed by atoms with E-state index in [1.807, 2.05) is 6.92 Å². The zero-order valence-electron chi connectivity index (χ0n) is 13.8. The highest BCUT2D eigenvalue weighted by molar-refractivity contribution is 7.51. The molecule has 0 amide bonds. The van der Waals surface area contributed by atoms with Gasteiger partial charge in [0.1, 0.15) is 23.7 Å². The summed E-state index contributed by atoms with van der Waals surface area (Å²) in [4.78, 5) is 30.1. The van der Waals surface area contributed by atoms with Crippen molar-refractivity contribution in [3.63, 3.8) is 0 Å². The Hall–Kier alpha value is -1.82. The predicted molar refractivity (Wildman–Crippen MR) is 88.2 cm³/mol. The molecule has 0 aromatic heterocycles. The molecule has 0 saturated heterocycles. The van der Waals surface area contributed by atoms with Crippen molar-refractivity contribution in [3.05, 3.63) is 28.3 Å². The van der Waals surface area contributed by atoms with Gasteiger partial charge in [0.15, 0.2) is 0 Å². The van der Waals surface area contributed by atoms with E-state index >= 15 is 0 Å². The third-order valence-electron chi connectivity index (χ3n) is 4.12. The third kappa shape index (κ3) is 3.64. The van der Waals surface area contributed by atoms with E-state index in [-0.39, 0.29) is 30.0 Å². The molecule has 0 fully saturated rings. The Bertz CT molecular complexity index is 733. The monoisotopic (exact) mass is 356 g/mol. The van der Waals surface area contributed by atoms with Crippen LogP contribution in [0.4, 0.5) is 0 Å². The van der Waals surface area contributed by atoms with Crippen molar-refractivity contribution in [1.82, 2.24) is 0 Å². The van der Waals surface area contributed by atoms with E-state index in [2.05, 4.69) is 0 Å². The van der Waals surface area contributed by atoms with E-state index < -0.39 is 13.6 Å². The second-order valence-corrected chi connectivity index (χ2v) is 7.42. The molecule has 132 valence electrons. The number of ether oxygens (including phenoxy) is 2. The summed E-state index contributed by atoms with van der Waals surface area (Å²) < 4.78 is 21.5. The fourth-order valence-electron chi connectivity index (χ4n) is 2.80. The first-order valence-corrected chi connectivity index (χ1v) is 9.31. The minimum atomic E-state index is -4.14. The summed E-state index contributed by atoms with van der Waals surface area (Å²) >= 11 is 0. The van der Waals surface area contributed by atoms with Gasteiger partial charge in [-0.1, -0.05) is 19.1 Å². The zero-order chi connectivity index (χ0) is 18.1. The molecule has 2 rings (SSSR count). The molecule has 1 aliphatic rings. The Balaban J connectivity index is 2.48. The molecule has 0 radical (unpaired) electrons. The number of phenolic OH excluding ortho intramolecular Hbond substituents is 1. The molecule has 1 atom stereocenters. The van der Waals surface area contributed by atoms with E-state index in [9.17, 15) is 14.5 Å². The van der Waals surface area contributed by atoms with Gasteiger partial charge in [0.2, 0.25) is 0 Å². The summed E-state index contributed by atoms with van der Waals surface area (Å²) in [6.07, 6.45) is 3.39. The fourth-order valence-corrected chi connectivity index (χ4v) is 3.79. The molecule has 0 spiro atoms. The lowest BCUT2D eigenvalue weighted by atomic mass is 9.96. The van der Waals surface area contributed by atoms with Crippen LogP contribution in [0.2, 0.25) is 0 Å². The van der Waals surface area contributed by atoms with Gasteiger partial charge >= 0.3 is 13.6 Å². The topological polar surface area (TPSA) is 113 Å². The van der Waals surface area contributed by atoms with Crippen LogP contribution in [0.1, 0.15) is 40.4 Å². The Morgan fingerprint density at radius 2 is 2.08 bits per heavy atom. The van der Waals surface area contributed by atoms with Crippen LogP contribution < -0.4 is 4.74 Å². The Morgan fingerprint density at radius 1 is 1.42 bits per heavy atom. The van der Waals surface area contributed by atoms with Gasteiger partial charge in [-0.05, 0) is 24.8 Å². The van der Waals surface area contributed by atoms with E-state index in [1.54, 1.807) is 13.0 Å². The van der Waals surface area contributed by atoms with Gasteiger partial charge in [-0.2, -0.15) is 0 Å². The number of methoxy groups -OCH3 is 1. The van der Waals surface area contributed by atoms with Crippen molar-refractivity contribution in [2.24, 2.45) is 5.92 Å². The number of benzene rings is 1. The standard InChI is InChI=1S/C16H21O7P/c1-4-10(8-24(19,20)21)5-6-11-14(17)13-12(7-23-16(13)18)9(2)15(11)22-3/h5-6,10,17H,4,7-8H2,1-3H3,(H2,19,20,21)/b6-5+. The Morgan fingerprint density at radius 3 is 2.62 bits per heavy atom. The maximum atomic E-state index is 11.8. The van der Waals surface area contributed by atoms with Crippen molar-refractivity contribution in [3.8, 4) is 11.5 Å². The largest absolute Gasteiger partial charge is 0.506 e. The molecule has 24 heavy (non-hydrogen) atoms. The molecule has 1 unspecified atom stereocenters. The molecule has 0 saturated carbocycles. The Kier molecular flexibility index (Phi) is 5.38. The quantitative estimate of drug-likeness (QED) is 0.530. The van der Waals surface area contributed by atoms with Crippen LogP contribution in [0.25, 0.3) is 6.08 Å². The normalized spacial score (nSPS) is 15.5. The van der Waals surface area contributed by atoms with Crippen molar-refractivity contribution >= 4 is 19.6 Å². The Labute approximate surface area is 140 Å². The fraction of sp³-hybridized carbons (Fsp3) is 0.438. The lowest BCUT2D eigenvalue weighted by Gasteiger charge is -2.15. The molecule has 1 aromatic rings. The van der Waals surface area contributed by atoms with Crippen molar-refractivity contribution in [1.29, 1.82) is 0 Å². The van der Waals surface area contributed by atoms with Gasteiger partial charge in [0, 0.05) is 5.56 Å². The van der Waals surface area contributed by atoms with Crippen molar-refractivity contribution < 1.29 is 33.7 Å². The van der Waals surface area contributed by atoms with Crippen LogP contribution in [0.5, 0.6) is 11.5 Å². The highest BCUT2D eigenvalue weighted by atomic mass is 31.2.